The van der Waals surface area contributed by atoms with E-state index in [9.17, 15) is 13.2 Å². The molecule has 0 bridgehead atoms. The Hall–Kier alpha value is -1.18. The maximum atomic E-state index is 12.0. The fraction of sp³-hybridized carbons (Fsp3) is 0.583. The van der Waals surface area contributed by atoms with Crippen LogP contribution < -0.4 is 4.72 Å². The van der Waals surface area contributed by atoms with Crippen LogP contribution in [0.25, 0.3) is 0 Å². The highest BCUT2D eigenvalue weighted by Crippen LogP contribution is 2.12. The van der Waals surface area contributed by atoms with Crippen LogP contribution in [0.3, 0.4) is 0 Å². The van der Waals surface area contributed by atoms with Crippen molar-refractivity contribution >= 4 is 16.3 Å². The zero-order valence-electron chi connectivity index (χ0n) is 11.4. The van der Waals surface area contributed by atoms with Gasteiger partial charge in [0.05, 0.1) is 0 Å². The van der Waals surface area contributed by atoms with Gasteiger partial charge in [-0.1, -0.05) is 13.8 Å². The normalized spacial score (nSPS) is 13.7. The quantitative estimate of drug-likeness (QED) is 0.725. The van der Waals surface area contributed by atoms with E-state index in [0.717, 1.165) is 13.1 Å². The number of nitrogens with one attached hydrogen (secondary N) is 1. The van der Waals surface area contributed by atoms with Crippen molar-refractivity contribution in [3.63, 3.8) is 0 Å². The van der Waals surface area contributed by atoms with E-state index in [0.29, 0.717) is 12.8 Å². The first-order valence-corrected chi connectivity index (χ1v) is 7.71. The van der Waals surface area contributed by atoms with Gasteiger partial charge in [-0.3, -0.25) is 4.79 Å². The van der Waals surface area contributed by atoms with Crippen molar-refractivity contribution in [2.75, 3.05) is 19.6 Å². The Balaban J connectivity index is 2.71. The maximum absolute atomic E-state index is 12.0. The fourth-order valence-corrected chi connectivity index (χ4v) is 2.94. The van der Waals surface area contributed by atoms with Gasteiger partial charge in [-0.25, -0.2) is 13.1 Å². The lowest BCUT2D eigenvalue weighted by Crippen LogP contribution is -2.41. The first kappa shape index (κ1) is 15.9. The first-order valence-electron chi connectivity index (χ1n) is 6.22. The summed E-state index contributed by atoms with van der Waals surface area (Å²) in [6, 6.07) is 2.36. The summed E-state index contributed by atoms with van der Waals surface area (Å²) in [6.45, 7) is 8.17. The third-order valence-corrected chi connectivity index (χ3v) is 4.23. The van der Waals surface area contributed by atoms with Gasteiger partial charge in [0.15, 0.2) is 12.0 Å². The van der Waals surface area contributed by atoms with Crippen molar-refractivity contribution in [2.45, 2.75) is 31.9 Å². The van der Waals surface area contributed by atoms with E-state index in [1.165, 1.54) is 12.1 Å². The Kier molecular flexibility index (Phi) is 5.71. The molecular formula is C12H20N2O4S. The third-order valence-electron chi connectivity index (χ3n) is 2.77. The Morgan fingerprint density at radius 2 is 2.00 bits per heavy atom. The summed E-state index contributed by atoms with van der Waals surface area (Å²) in [5, 5.41) is -0.235. The lowest BCUT2D eigenvalue weighted by Gasteiger charge is -2.22. The van der Waals surface area contributed by atoms with Gasteiger partial charge in [-0.05, 0) is 32.1 Å². The van der Waals surface area contributed by atoms with Crippen LogP contribution in [0.5, 0.6) is 0 Å². The molecule has 0 aliphatic rings. The third kappa shape index (κ3) is 4.45. The van der Waals surface area contributed by atoms with Gasteiger partial charge < -0.3 is 9.32 Å². The molecule has 1 unspecified atom stereocenters. The summed E-state index contributed by atoms with van der Waals surface area (Å²) in [7, 11) is -3.71. The summed E-state index contributed by atoms with van der Waals surface area (Å²) in [5.74, 6) is -0.00299. The van der Waals surface area contributed by atoms with Gasteiger partial charge in [0.25, 0.3) is 10.0 Å². The molecule has 0 aromatic carbocycles. The summed E-state index contributed by atoms with van der Waals surface area (Å²) < 4.78 is 31.4. The van der Waals surface area contributed by atoms with Crippen LogP contribution in [0.2, 0.25) is 0 Å². The first-order chi connectivity index (χ1) is 8.92. The van der Waals surface area contributed by atoms with Crippen molar-refractivity contribution in [1.29, 1.82) is 0 Å². The highest BCUT2D eigenvalue weighted by molar-refractivity contribution is 7.89. The minimum absolute atomic E-state index is 0.00299. The zero-order valence-corrected chi connectivity index (χ0v) is 12.2. The summed E-state index contributed by atoms with van der Waals surface area (Å²) in [4.78, 5) is 12.6. The molecule has 0 saturated carbocycles. The monoisotopic (exact) mass is 288 g/mol. The number of hydrogen-bond acceptors (Lipinski definition) is 5. The Bertz CT molecular complexity index is 506. The average molecular weight is 288 g/mol. The van der Waals surface area contributed by atoms with Crippen LogP contribution >= 0.6 is 0 Å². The molecule has 19 heavy (non-hydrogen) atoms. The molecule has 1 N–H and O–H groups in total. The van der Waals surface area contributed by atoms with Gasteiger partial charge in [0, 0.05) is 12.6 Å². The molecule has 1 aromatic rings. The van der Waals surface area contributed by atoms with E-state index in [1.807, 2.05) is 13.8 Å². The van der Waals surface area contributed by atoms with E-state index in [4.69, 9.17) is 4.42 Å². The number of likely N-dealkylation sites (N-methyl/N-ethyl adjacent to an activating group) is 1. The standard InChI is InChI=1S/C12H20N2O4S/c1-4-14(5-2)8-10(3)13-19(16,17)12-7-6-11(9-15)18-12/h6-7,9-10,13H,4-5,8H2,1-3H3. The molecule has 1 heterocycles. The topological polar surface area (TPSA) is 79.6 Å². The van der Waals surface area contributed by atoms with Crippen LogP contribution in [0, 0.1) is 0 Å². The predicted molar refractivity (Wildman–Crippen MR) is 71.7 cm³/mol. The molecule has 1 aromatic heterocycles. The molecule has 0 saturated heterocycles. The Morgan fingerprint density at radius 1 is 1.37 bits per heavy atom. The predicted octanol–water partition coefficient (Wildman–Crippen LogP) is 1.10. The molecule has 7 heteroatoms. The van der Waals surface area contributed by atoms with Crippen LogP contribution in [-0.4, -0.2) is 45.3 Å². The van der Waals surface area contributed by atoms with Crippen LogP contribution in [0.15, 0.2) is 21.6 Å². The number of carbonyl (C=O) groups is 1. The molecule has 6 nitrogen and oxygen atoms in total. The van der Waals surface area contributed by atoms with E-state index >= 15 is 0 Å². The van der Waals surface area contributed by atoms with Gasteiger partial charge in [0.1, 0.15) is 0 Å². The van der Waals surface area contributed by atoms with Crippen molar-refractivity contribution in [2.24, 2.45) is 0 Å². The van der Waals surface area contributed by atoms with Gasteiger partial charge in [-0.2, -0.15) is 0 Å². The van der Waals surface area contributed by atoms with E-state index in [1.54, 1.807) is 6.92 Å². The Labute approximate surface area is 113 Å². The van der Waals surface area contributed by atoms with Crippen LogP contribution in [0.1, 0.15) is 31.3 Å². The van der Waals surface area contributed by atoms with Crippen molar-refractivity contribution in [3.05, 3.63) is 17.9 Å². The molecular weight excluding hydrogens is 268 g/mol. The second-order valence-electron chi connectivity index (χ2n) is 4.28. The number of hydrogen-bond donors (Lipinski definition) is 1. The lowest BCUT2D eigenvalue weighted by atomic mass is 10.3. The minimum atomic E-state index is -3.71. The van der Waals surface area contributed by atoms with Gasteiger partial charge >= 0.3 is 0 Å². The van der Waals surface area contributed by atoms with Crippen molar-refractivity contribution in [3.8, 4) is 0 Å². The number of nitrogens with zero attached hydrogens (tertiary/aromatic N) is 1. The summed E-state index contributed by atoms with van der Waals surface area (Å²) in [5.41, 5.74) is 0. The smallest absolute Gasteiger partial charge is 0.274 e. The van der Waals surface area contributed by atoms with Crippen LogP contribution in [0.4, 0.5) is 0 Å². The van der Waals surface area contributed by atoms with Crippen molar-refractivity contribution in [1.82, 2.24) is 9.62 Å². The van der Waals surface area contributed by atoms with Crippen LogP contribution in [-0.2, 0) is 10.0 Å². The molecule has 0 radical (unpaired) electrons. The molecule has 0 spiro atoms. The van der Waals surface area contributed by atoms with Crippen molar-refractivity contribution < 1.29 is 17.6 Å². The molecule has 1 atom stereocenters. The lowest BCUT2D eigenvalue weighted by molar-refractivity contribution is 0.109. The van der Waals surface area contributed by atoms with Gasteiger partial charge in [0.2, 0.25) is 5.09 Å². The van der Waals surface area contributed by atoms with Gasteiger partial charge in [-0.15, -0.1) is 0 Å². The SMILES string of the molecule is CCN(CC)CC(C)NS(=O)(=O)c1ccc(C=O)o1. The number of aldehydes is 1. The highest BCUT2D eigenvalue weighted by Gasteiger charge is 2.22. The molecule has 0 fully saturated rings. The summed E-state index contributed by atoms with van der Waals surface area (Å²) >= 11 is 0. The molecule has 0 aliphatic carbocycles. The fourth-order valence-electron chi connectivity index (χ4n) is 1.77. The number of carbonyl (C=O) groups excluding carboxylic acids is 1. The Morgan fingerprint density at radius 3 is 2.47 bits per heavy atom. The minimum Gasteiger partial charge on any atom is -0.440 e. The number of furan rings is 1. The second kappa shape index (κ2) is 6.83. The number of sulfonamides is 1. The zero-order chi connectivity index (χ0) is 14.5. The maximum Gasteiger partial charge on any atom is 0.274 e. The molecule has 0 aliphatic heterocycles. The number of rotatable bonds is 8. The molecule has 0 amide bonds. The molecule has 108 valence electrons. The largest absolute Gasteiger partial charge is 0.440 e. The molecule has 1 rings (SSSR count). The highest BCUT2D eigenvalue weighted by atomic mass is 32.2. The average Bonchev–Trinajstić information content (AvgIpc) is 2.84. The second-order valence-corrected chi connectivity index (χ2v) is 5.93. The summed E-state index contributed by atoms with van der Waals surface area (Å²) in [6.07, 6.45) is 0.471. The van der Waals surface area contributed by atoms with E-state index in [-0.39, 0.29) is 16.9 Å². The van der Waals surface area contributed by atoms with E-state index in [2.05, 4.69) is 9.62 Å². The van der Waals surface area contributed by atoms with E-state index < -0.39 is 10.0 Å².